The third kappa shape index (κ3) is 3.02. The number of aromatic amines is 1. The Kier molecular flexibility index (Phi) is 4.02. The summed E-state index contributed by atoms with van der Waals surface area (Å²) >= 11 is 0. The minimum atomic E-state index is 0.448. The summed E-state index contributed by atoms with van der Waals surface area (Å²) in [6.07, 6.45) is 6.87. The first-order valence-corrected chi connectivity index (χ1v) is 7.24. The van der Waals surface area contributed by atoms with E-state index in [4.69, 9.17) is 4.74 Å². The second kappa shape index (κ2) is 6.09. The Morgan fingerprint density at radius 1 is 1.20 bits per heavy atom. The lowest BCUT2D eigenvalue weighted by molar-refractivity contribution is 0.0682. The van der Waals surface area contributed by atoms with Crippen molar-refractivity contribution < 1.29 is 4.74 Å². The van der Waals surface area contributed by atoms with Gasteiger partial charge >= 0.3 is 0 Å². The van der Waals surface area contributed by atoms with Gasteiger partial charge in [0, 0.05) is 30.6 Å². The van der Waals surface area contributed by atoms with Crippen LogP contribution in [-0.4, -0.2) is 29.5 Å². The van der Waals surface area contributed by atoms with Crippen LogP contribution in [0.5, 0.6) is 0 Å². The third-order valence-corrected chi connectivity index (χ3v) is 4.05. The molecular weight excluding hydrogens is 250 g/mol. The number of anilines is 1. The van der Waals surface area contributed by atoms with E-state index < -0.39 is 0 Å². The Hall–Kier alpha value is -1.81. The number of methoxy groups -OCH3 is 1. The summed E-state index contributed by atoms with van der Waals surface area (Å²) in [4.78, 5) is 0. The van der Waals surface area contributed by atoms with E-state index in [1.165, 1.54) is 18.5 Å². The van der Waals surface area contributed by atoms with Gasteiger partial charge in [0.15, 0.2) is 0 Å². The normalized spacial score (nSPS) is 22.6. The van der Waals surface area contributed by atoms with Crippen molar-refractivity contribution in [3.63, 3.8) is 0 Å². The van der Waals surface area contributed by atoms with Gasteiger partial charge in [0.25, 0.3) is 0 Å². The second-order valence-corrected chi connectivity index (χ2v) is 5.40. The van der Waals surface area contributed by atoms with Crippen LogP contribution in [0.3, 0.4) is 0 Å². The average molecular weight is 271 g/mol. The molecule has 4 heteroatoms. The van der Waals surface area contributed by atoms with Crippen molar-refractivity contribution >= 4 is 5.69 Å². The molecule has 20 heavy (non-hydrogen) atoms. The molecule has 2 N–H and O–H groups in total. The molecule has 106 valence electrons. The second-order valence-electron chi connectivity index (χ2n) is 5.40. The first kappa shape index (κ1) is 13.2. The molecule has 0 saturated heterocycles. The van der Waals surface area contributed by atoms with Gasteiger partial charge < -0.3 is 10.1 Å². The fourth-order valence-electron chi connectivity index (χ4n) is 2.87. The maximum absolute atomic E-state index is 5.42. The van der Waals surface area contributed by atoms with Crippen LogP contribution in [0.2, 0.25) is 0 Å². The molecule has 1 aliphatic carbocycles. The van der Waals surface area contributed by atoms with E-state index in [1.807, 2.05) is 13.2 Å². The number of hydrogen-bond acceptors (Lipinski definition) is 3. The number of rotatable bonds is 4. The Balaban J connectivity index is 1.65. The molecule has 1 aromatic carbocycles. The molecule has 0 radical (unpaired) electrons. The smallest absolute Gasteiger partial charge is 0.0650 e. The van der Waals surface area contributed by atoms with Crippen LogP contribution in [0.15, 0.2) is 36.5 Å². The van der Waals surface area contributed by atoms with Gasteiger partial charge in [0.1, 0.15) is 0 Å². The first-order valence-electron chi connectivity index (χ1n) is 7.24. The van der Waals surface area contributed by atoms with Gasteiger partial charge in [-0.15, -0.1) is 0 Å². The first-order chi connectivity index (χ1) is 9.85. The monoisotopic (exact) mass is 271 g/mol. The maximum Gasteiger partial charge on any atom is 0.0650 e. The molecule has 0 aliphatic heterocycles. The minimum Gasteiger partial charge on any atom is -0.382 e. The summed E-state index contributed by atoms with van der Waals surface area (Å²) in [6, 6.07) is 11.0. The van der Waals surface area contributed by atoms with E-state index in [-0.39, 0.29) is 0 Å². The van der Waals surface area contributed by atoms with Crippen molar-refractivity contribution in [1.82, 2.24) is 10.2 Å². The van der Waals surface area contributed by atoms with Gasteiger partial charge in [-0.05, 0) is 43.9 Å². The summed E-state index contributed by atoms with van der Waals surface area (Å²) < 4.78 is 5.42. The van der Waals surface area contributed by atoms with Gasteiger partial charge in [0.05, 0.1) is 11.8 Å². The van der Waals surface area contributed by atoms with Gasteiger partial charge in [0.2, 0.25) is 0 Å². The SMILES string of the molecule is COC1CCC(Nc2cccc(-c3ccn[nH]3)c2)CC1. The van der Waals surface area contributed by atoms with Crippen LogP contribution >= 0.6 is 0 Å². The third-order valence-electron chi connectivity index (χ3n) is 4.05. The van der Waals surface area contributed by atoms with E-state index in [0.717, 1.165) is 24.1 Å². The fraction of sp³-hybridized carbons (Fsp3) is 0.438. The zero-order valence-corrected chi connectivity index (χ0v) is 11.8. The predicted molar refractivity (Wildman–Crippen MR) is 80.7 cm³/mol. The standard InChI is InChI=1S/C16H21N3O/c1-20-15-7-5-13(6-8-15)18-14-4-2-3-12(11-14)16-9-10-17-19-16/h2-4,9-11,13,15,18H,5-8H2,1H3,(H,17,19). The van der Waals surface area contributed by atoms with Gasteiger partial charge in [-0.25, -0.2) is 0 Å². The van der Waals surface area contributed by atoms with E-state index in [2.05, 4.69) is 39.8 Å². The molecule has 4 nitrogen and oxygen atoms in total. The molecule has 1 aromatic heterocycles. The van der Waals surface area contributed by atoms with Crippen molar-refractivity contribution in [2.75, 3.05) is 12.4 Å². The zero-order valence-electron chi connectivity index (χ0n) is 11.8. The molecule has 3 rings (SSSR count). The number of aromatic nitrogens is 2. The Bertz CT molecular complexity index is 530. The molecule has 0 bridgehead atoms. The highest BCUT2D eigenvalue weighted by Gasteiger charge is 2.20. The van der Waals surface area contributed by atoms with Crippen LogP contribution in [0, 0.1) is 0 Å². The number of nitrogens with one attached hydrogen (secondary N) is 2. The van der Waals surface area contributed by atoms with E-state index in [9.17, 15) is 0 Å². The molecule has 2 aromatic rings. The highest BCUT2D eigenvalue weighted by atomic mass is 16.5. The van der Waals surface area contributed by atoms with Crippen molar-refractivity contribution in [3.05, 3.63) is 36.5 Å². The van der Waals surface area contributed by atoms with Gasteiger partial charge in [-0.2, -0.15) is 5.10 Å². The summed E-state index contributed by atoms with van der Waals surface area (Å²) in [5.74, 6) is 0. The minimum absolute atomic E-state index is 0.448. The number of ether oxygens (including phenoxy) is 1. The Morgan fingerprint density at radius 3 is 2.75 bits per heavy atom. The highest BCUT2D eigenvalue weighted by Crippen LogP contribution is 2.26. The quantitative estimate of drug-likeness (QED) is 0.895. The zero-order chi connectivity index (χ0) is 13.8. The van der Waals surface area contributed by atoms with Crippen LogP contribution in [0.1, 0.15) is 25.7 Å². The molecule has 1 saturated carbocycles. The summed E-state index contributed by atoms with van der Waals surface area (Å²) in [7, 11) is 1.81. The van der Waals surface area contributed by atoms with Crippen LogP contribution in [0.4, 0.5) is 5.69 Å². The van der Waals surface area contributed by atoms with Crippen molar-refractivity contribution in [3.8, 4) is 11.3 Å². The fourth-order valence-corrected chi connectivity index (χ4v) is 2.87. The maximum atomic E-state index is 5.42. The van der Waals surface area contributed by atoms with Gasteiger partial charge in [-0.3, -0.25) is 5.10 Å². The van der Waals surface area contributed by atoms with Crippen molar-refractivity contribution in [2.45, 2.75) is 37.8 Å². The molecule has 1 aliphatic rings. The highest BCUT2D eigenvalue weighted by molar-refractivity contribution is 5.64. The lowest BCUT2D eigenvalue weighted by Crippen LogP contribution is -2.29. The van der Waals surface area contributed by atoms with E-state index in [1.54, 1.807) is 6.20 Å². The molecule has 1 heterocycles. The summed E-state index contributed by atoms with van der Waals surface area (Å²) in [6.45, 7) is 0. The largest absolute Gasteiger partial charge is 0.382 e. The van der Waals surface area contributed by atoms with E-state index in [0.29, 0.717) is 12.1 Å². The number of hydrogen-bond donors (Lipinski definition) is 2. The van der Waals surface area contributed by atoms with E-state index >= 15 is 0 Å². The average Bonchev–Trinajstić information content (AvgIpc) is 3.03. The van der Waals surface area contributed by atoms with Crippen LogP contribution < -0.4 is 5.32 Å². The molecule has 0 amide bonds. The number of H-pyrrole nitrogens is 1. The van der Waals surface area contributed by atoms with Crippen LogP contribution in [-0.2, 0) is 4.74 Å². The molecule has 0 atom stereocenters. The van der Waals surface area contributed by atoms with Crippen molar-refractivity contribution in [1.29, 1.82) is 0 Å². The molecular formula is C16H21N3O. The summed E-state index contributed by atoms with van der Waals surface area (Å²) in [5.41, 5.74) is 3.40. The number of nitrogens with zero attached hydrogens (tertiary/aromatic N) is 1. The van der Waals surface area contributed by atoms with Crippen molar-refractivity contribution in [2.24, 2.45) is 0 Å². The lowest BCUT2D eigenvalue weighted by atomic mass is 9.92. The number of benzene rings is 1. The molecule has 0 unspecified atom stereocenters. The Morgan fingerprint density at radius 2 is 2.05 bits per heavy atom. The topological polar surface area (TPSA) is 49.9 Å². The molecule has 0 spiro atoms. The summed E-state index contributed by atoms with van der Waals surface area (Å²) in [5, 5.41) is 10.6. The Labute approximate surface area is 119 Å². The van der Waals surface area contributed by atoms with Crippen LogP contribution in [0.25, 0.3) is 11.3 Å². The molecule has 1 fully saturated rings. The van der Waals surface area contributed by atoms with Gasteiger partial charge in [-0.1, -0.05) is 12.1 Å². The predicted octanol–water partition coefficient (Wildman–Crippen LogP) is 3.45. The lowest BCUT2D eigenvalue weighted by Gasteiger charge is -2.29.